The second-order valence-corrected chi connectivity index (χ2v) is 6.35. The molecule has 1 aromatic rings. The van der Waals surface area contributed by atoms with Gasteiger partial charge in [0.25, 0.3) is 0 Å². The molecule has 1 saturated heterocycles. The highest BCUT2D eigenvalue weighted by molar-refractivity contribution is 7.88. The van der Waals surface area contributed by atoms with Crippen molar-refractivity contribution in [1.82, 2.24) is 4.90 Å². The van der Waals surface area contributed by atoms with Gasteiger partial charge in [0.15, 0.2) is 0 Å². The third-order valence-corrected chi connectivity index (χ3v) is 3.88. The number of ether oxygens (including phenoxy) is 1. The number of rotatable bonds is 4. The lowest BCUT2D eigenvalue weighted by Gasteiger charge is -2.32. The molecule has 0 amide bonds. The number of amidine groups is 1. The molecule has 2 rings (SSSR count). The fourth-order valence-electron chi connectivity index (χ4n) is 2.34. The fourth-order valence-corrected chi connectivity index (χ4v) is 2.71. The van der Waals surface area contributed by atoms with Crippen LogP contribution in [0.2, 0.25) is 0 Å². The second kappa shape index (κ2) is 7.37. The Morgan fingerprint density at radius 2 is 1.95 bits per heavy atom. The Kier molecular flexibility index (Phi) is 5.51. The SMILES string of the molecule is NS(=O)(=O)/N=C(\Oc1ccccc1)N1CCC(CC=O)CC1. The van der Waals surface area contributed by atoms with Gasteiger partial charge >= 0.3 is 16.2 Å². The molecule has 1 fully saturated rings. The first kappa shape index (κ1) is 16.4. The number of hydrogen-bond acceptors (Lipinski definition) is 4. The van der Waals surface area contributed by atoms with Gasteiger partial charge in [0, 0.05) is 19.5 Å². The van der Waals surface area contributed by atoms with Crippen LogP contribution in [-0.4, -0.2) is 38.7 Å². The van der Waals surface area contributed by atoms with E-state index in [0.717, 1.165) is 19.1 Å². The van der Waals surface area contributed by atoms with E-state index in [1.807, 2.05) is 6.07 Å². The number of nitrogens with zero attached hydrogens (tertiary/aromatic N) is 2. The molecule has 2 N–H and O–H groups in total. The van der Waals surface area contributed by atoms with Crippen LogP contribution in [0.1, 0.15) is 19.3 Å². The molecular formula is C14H19N3O4S. The number of aldehydes is 1. The van der Waals surface area contributed by atoms with E-state index in [-0.39, 0.29) is 6.02 Å². The first-order valence-corrected chi connectivity index (χ1v) is 8.52. The predicted molar refractivity (Wildman–Crippen MR) is 82.6 cm³/mol. The molecule has 0 radical (unpaired) electrons. The van der Waals surface area contributed by atoms with Crippen molar-refractivity contribution in [2.24, 2.45) is 15.5 Å². The summed E-state index contributed by atoms with van der Waals surface area (Å²) in [4.78, 5) is 12.3. The highest BCUT2D eigenvalue weighted by atomic mass is 32.2. The van der Waals surface area contributed by atoms with Crippen molar-refractivity contribution in [2.75, 3.05) is 13.1 Å². The number of carbonyl (C=O) groups is 1. The number of likely N-dealkylation sites (tertiary alicyclic amines) is 1. The summed E-state index contributed by atoms with van der Waals surface area (Å²) in [5.41, 5.74) is 0. The third-order valence-electron chi connectivity index (χ3n) is 3.47. The van der Waals surface area contributed by atoms with Crippen LogP contribution < -0.4 is 9.88 Å². The number of piperidine rings is 1. The summed E-state index contributed by atoms with van der Waals surface area (Å²) in [6.07, 6.45) is 3.00. The van der Waals surface area contributed by atoms with Gasteiger partial charge in [-0.25, -0.2) is 5.14 Å². The number of carbonyl (C=O) groups excluding carboxylic acids is 1. The van der Waals surface area contributed by atoms with Crippen molar-refractivity contribution in [3.05, 3.63) is 30.3 Å². The Morgan fingerprint density at radius 3 is 2.50 bits per heavy atom. The molecule has 120 valence electrons. The number of para-hydroxylation sites is 1. The van der Waals surface area contributed by atoms with E-state index in [1.54, 1.807) is 29.2 Å². The van der Waals surface area contributed by atoms with Crippen molar-refractivity contribution in [1.29, 1.82) is 0 Å². The van der Waals surface area contributed by atoms with Crippen molar-refractivity contribution < 1.29 is 17.9 Å². The van der Waals surface area contributed by atoms with Gasteiger partial charge in [-0.05, 0) is 30.9 Å². The Balaban J connectivity index is 2.12. The maximum Gasteiger partial charge on any atom is 0.321 e. The molecule has 0 aromatic heterocycles. The van der Waals surface area contributed by atoms with Crippen molar-refractivity contribution in [3.63, 3.8) is 0 Å². The molecule has 0 spiro atoms. The quantitative estimate of drug-likeness (QED) is 0.504. The normalized spacial score (nSPS) is 17.3. The van der Waals surface area contributed by atoms with Crippen LogP contribution in [0.3, 0.4) is 0 Å². The van der Waals surface area contributed by atoms with Gasteiger partial charge in [0.2, 0.25) is 0 Å². The lowest BCUT2D eigenvalue weighted by Crippen LogP contribution is -2.42. The molecule has 1 heterocycles. The maximum atomic E-state index is 11.3. The number of hydrogen-bond donors (Lipinski definition) is 1. The van der Waals surface area contributed by atoms with Crippen molar-refractivity contribution >= 4 is 22.5 Å². The van der Waals surface area contributed by atoms with Crippen molar-refractivity contribution in [3.8, 4) is 5.75 Å². The largest absolute Gasteiger partial charge is 0.425 e. The predicted octanol–water partition coefficient (Wildman–Crippen LogP) is 0.926. The minimum atomic E-state index is -4.05. The molecule has 1 aromatic carbocycles. The average molecular weight is 325 g/mol. The van der Waals surface area contributed by atoms with Crippen LogP contribution in [0.25, 0.3) is 0 Å². The van der Waals surface area contributed by atoms with E-state index >= 15 is 0 Å². The van der Waals surface area contributed by atoms with Gasteiger partial charge in [-0.2, -0.15) is 8.42 Å². The Morgan fingerprint density at radius 1 is 1.32 bits per heavy atom. The summed E-state index contributed by atoms with van der Waals surface area (Å²) in [5, 5.41) is 5.00. The first-order chi connectivity index (χ1) is 10.5. The maximum absolute atomic E-state index is 11.3. The molecule has 0 aliphatic carbocycles. The van der Waals surface area contributed by atoms with E-state index < -0.39 is 10.2 Å². The molecule has 0 bridgehead atoms. The summed E-state index contributed by atoms with van der Waals surface area (Å²) in [6, 6.07) is 8.77. The molecule has 0 atom stereocenters. The summed E-state index contributed by atoms with van der Waals surface area (Å²) in [7, 11) is -4.05. The molecule has 0 unspecified atom stereocenters. The third kappa shape index (κ3) is 5.12. The second-order valence-electron chi connectivity index (χ2n) is 5.14. The van der Waals surface area contributed by atoms with E-state index in [1.165, 1.54) is 0 Å². The zero-order chi connectivity index (χ0) is 16.0. The Hall–Kier alpha value is -1.93. The summed E-state index contributed by atoms with van der Waals surface area (Å²) in [6.45, 7) is 1.14. The molecular weight excluding hydrogens is 306 g/mol. The molecule has 0 saturated carbocycles. The van der Waals surface area contributed by atoms with E-state index in [4.69, 9.17) is 9.88 Å². The zero-order valence-corrected chi connectivity index (χ0v) is 12.9. The fraction of sp³-hybridized carbons (Fsp3) is 0.429. The van der Waals surface area contributed by atoms with Gasteiger partial charge < -0.3 is 14.4 Å². The highest BCUT2D eigenvalue weighted by Gasteiger charge is 2.24. The zero-order valence-electron chi connectivity index (χ0n) is 12.1. The summed E-state index contributed by atoms with van der Waals surface area (Å²) >= 11 is 0. The van der Waals surface area contributed by atoms with Crippen LogP contribution in [-0.2, 0) is 15.0 Å². The van der Waals surface area contributed by atoms with Gasteiger partial charge in [0.1, 0.15) is 12.0 Å². The molecule has 8 heteroatoms. The highest BCUT2D eigenvalue weighted by Crippen LogP contribution is 2.21. The number of nitrogens with two attached hydrogens (primary N) is 1. The van der Waals surface area contributed by atoms with Gasteiger partial charge in [-0.1, -0.05) is 22.6 Å². The number of benzene rings is 1. The Bertz CT molecular complexity index is 623. The standard InChI is InChI=1S/C14H19N3O4S/c15-22(19,20)16-14(21-13-4-2-1-3-5-13)17-9-6-12(7-10-17)8-11-18/h1-5,11-12H,6-10H2,(H2,15,19,20)/b16-14-. The van der Waals surface area contributed by atoms with Crippen molar-refractivity contribution in [2.45, 2.75) is 19.3 Å². The van der Waals surface area contributed by atoms with Crippen LogP contribution in [0, 0.1) is 5.92 Å². The Labute approximate surface area is 130 Å². The topological polar surface area (TPSA) is 102 Å². The lowest BCUT2D eigenvalue weighted by molar-refractivity contribution is -0.108. The van der Waals surface area contributed by atoms with E-state index in [2.05, 4.69) is 4.40 Å². The molecule has 1 aliphatic rings. The van der Waals surface area contributed by atoms with Gasteiger partial charge in [0.05, 0.1) is 0 Å². The van der Waals surface area contributed by atoms with Gasteiger partial charge in [-0.15, -0.1) is 0 Å². The molecule has 1 aliphatic heterocycles. The molecule has 7 nitrogen and oxygen atoms in total. The summed E-state index contributed by atoms with van der Waals surface area (Å²) in [5.74, 6) is 0.807. The van der Waals surface area contributed by atoms with E-state index in [9.17, 15) is 13.2 Å². The smallest absolute Gasteiger partial charge is 0.321 e. The first-order valence-electron chi connectivity index (χ1n) is 7.02. The monoisotopic (exact) mass is 325 g/mol. The summed E-state index contributed by atoms with van der Waals surface area (Å²) < 4.78 is 31.6. The molecule has 22 heavy (non-hydrogen) atoms. The van der Waals surface area contributed by atoms with Crippen LogP contribution >= 0.6 is 0 Å². The van der Waals surface area contributed by atoms with Gasteiger partial charge in [-0.3, -0.25) is 0 Å². The van der Waals surface area contributed by atoms with E-state index in [0.29, 0.717) is 31.2 Å². The van der Waals surface area contributed by atoms with Crippen LogP contribution in [0.15, 0.2) is 34.7 Å². The van der Waals surface area contributed by atoms with Crippen LogP contribution in [0.4, 0.5) is 0 Å². The van der Waals surface area contributed by atoms with Crippen LogP contribution in [0.5, 0.6) is 5.75 Å². The minimum Gasteiger partial charge on any atom is -0.425 e. The lowest BCUT2D eigenvalue weighted by atomic mass is 9.94. The average Bonchev–Trinajstić information content (AvgIpc) is 2.47. The minimum absolute atomic E-state index is 0.0294.